The summed E-state index contributed by atoms with van der Waals surface area (Å²) in [5.41, 5.74) is 2.90. The zero-order valence-corrected chi connectivity index (χ0v) is 17.2. The van der Waals surface area contributed by atoms with Gasteiger partial charge in [0.15, 0.2) is 5.78 Å². The number of nitrogens with one attached hydrogen (secondary N) is 1. The van der Waals surface area contributed by atoms with E-state index in [1.807, 2.05) is 56.9 Å². The summed E-state index contributed by atoms with van der Waals surface area (Å²) in [5, 5.41) is 4.09. The molecular weight excluding hydrogens is 358 g/mol. The number of hydrogen-bond donors (Lipinski definition) is 1. The molecule has 0 saturated carbocycles. The van der Waals surface area contributed by atoms with E-state index in [-0.39, 0.29) is 23.8 Å². The van der Waals surface area contributed by atoms with Gasteiger partial charge in [0.05, 0.1) is 16.7 Å². The number of amides is 2. The fourth-order valence-corrected chi connectivity index (χ4v) is 4.52. The number of likely N-dealkylation sites (tertiary alicyclic amines) is 1. The summed E-state index contributed by atoms with van der Waals surface area (Å²) in [6.45, 7) is 9.19. The van der Waals surface area contributed by atoms with Crippen LogP contribution in [0.15, 0.2) is 24.3 Å². The lowest BCUT2D eigenvalue weighted by molar-refractivity contribution is 0.0853. The molecule has 27 heavy (non-hydrogen) atoms. The Bertz CT molecular complexity index is 820. The van der Waals surface area contributed by atoms with Crippen molar-refractivity contribution < 1.29 is 9.59 Å². The second-order valence-corrected chi connectivity index (χ2v) is 8.58. The van der Waals surface area contributed by atoms with E-state index in [2.05, 4.69) is 10.3 Å². The van der Waals surface area contributed by atoms with Crippen LogP contribution in [0, 0.1) is 26.7 Å². The number of aryl methyl sites for hydroxylation is 3. The minimum absolute atomic E-state index is 0.000527. The number of carbonyl (C=O) groups excluding carboxylic acids is 2. The van der Waals surface area contributed by atoms with Gasteiger partial charge < -0.3 is 10.2 Å². The fraction of sp³-hybridized carbons (Fsp3) is 0.476. The number of ketones is 1. The summed E-state index contributed by atoms with van der Waals surface area (Å²) in [7, 11) is 0. The highest BCUT2D eigenvalue weighted by Crippen LogP contribution is 2.26. The van der Waals surface area contributed by atoms with E-state index in [1.165, 1.54) is 0 Å². The maximum atomic E-state index is 12.7. The van der Waals surface area contributed by atoms with Gasteiger partial charge in [-0.05, 0) is 40.5 Å². The lowest BCUT2D eigenvalue weighted by Gasteiger charge is -2.32. The summed E-state index contributed by atoms with van der Waals surface area (Å²) >= 11 is 1.62. The molecule has 1 aliphatic rings. The zero-order chi connectivity index (χ0) is 19.6. The standard InChI is InChI=1S/C21H27N3O2S/c1-13-5-7-17(8-6-13)19(25)18-9-11-24(12-10-18)21(26)23-15(3)20-14(2)22-16(4)27-20/h5-8,15,18H,9-12H2,1-4H3,(H,23,26)/t15-/m1/s1. The Hall–Kier alpha value is -2.21. The third-order valence-corrected chi connectivity index (χ3v) is 6.42. The maximum Gasteiger partial charge on any atom is 0.317 e. The van der Waals surface area contributed by atoms with Crippen molar-refractivity contribution in [3.63, 3.8) is 0 Å². The van der Waals surface area contributed by atoms with Crippen LogP contribution in [0.25, 0.3) is 0 Å². The summed E-state index contributed by atoms with van der Waals surface area (Å²) in [6, 6.07) is 7.63. The van der Waals surface area contributed by atoms with Crippen molar-refractivity contribution in [2.45, 2.75) is 46.6 Å². The van der Waals surface area contributed by atoms with Gasteiger partial charge in [-0.15, -0.1) is 11.3 Å². The highest BCUT2D eigenvalue weighted by molar-refractivity contribution is 7.11. The summed E-state index contributed by atoms with van der Waals surface area (Å²) in [6.07, 6.45) is 1.43. The fourth-order valence-electron chi connectivity index (χ4n) is 3.59. The van der Waals surface area contributed by atoms with Crippen LogP contribution in [0.3, 0.4) is 0 Å². The molecular formula is C21H27N3O2S. The predicted molar refractivity (Wildman–Crippen MR) is 108 cm³/mol. The van der Waals surface area contributed by atoms with Gasteiger partial charge in [0.2, 0.25) is 0 Å². The van der Waals surface area contributed by atoms with Gasteiger partial charge in [-0.3, -0.25) is 4.79 Å². The van der Waals surface area contributed by atoms with Crippen LogP contribution in [0.2, 0.25) is 0 Å². The molecule has 1 atom stereocenters. The van der Waals surface area contributed by atoms with Crippen molar-refractivity contribution in [1.29, 1.82) is 0 Å². The molecule has 6 heteroatoms. The molecule has 144 valence electrons. The number of hydrogen-bond acceptors (Lipinski definition) is 4. The lowest BCUT2D eigenvalue weighted by atomic mass is 9.89. The normalized spacial score (nSPS) is 16.2. The Morgan fingerprint density at radius 1 is 1.15 bits per heavy atom. The Morgan fingerprint density at radius 3 is 2.33 bits per heavy atom. The van der Waals surface area contributed by atoms with Gasteiger partial charge >= 0.3 is 6.03 Å². The van der Waals surface area contributed by atoms with Gasteiger partial charge in [-0.1, -0.05) is 29.8 Å². The number of aromatic nitrogens is 1. The third kappa shape index (κ3) is 4.56. The Labute approximate surface area is 164 Å². The van der Waals surface area contributed by atoms with E-state index in [0.717, 1.165) is 26.7 Å². The van der Waals surface area contributed by atoms with Crippen LogP contribution in [0.4, 0.5) is 4.79 Å². The Morgan fingerprint density at radius 2 is 1.78 bits per heavy atom. The topological polar surface area (TPSA) is 62.3 Å². The molecule has 3 rings (SSSR count). The maximum absolute atomic E-state index is 12.7. The largest absolute Gasteiger partial charge is 0.331 e. The van der Waals surface area contributed by atoms with Crippen molar-refractivity contribution in [2.75, 3.05) is 13.1 Å². The number of piperidine rings is 1. The Balaban J connectivity index is 1.54. The number of carbonyl (C=O) groups is 2. The van der Waals surface area contributed by atoms with Gasteiger partial charge in [0, 0.05) is 29.4 Å². The molecule has 1 saturated heterocycles. The molecule has 2 heterocycles. The second kappa shape index (κ2) is 8.21. The minimum Gasteiger partial charge on any atom is -0.331 e. The molecule has 0 unspecified atom stereocenters. The molecule has 2 aromatic rings. The van der Waals surface area contributed by atoms with Gasteiger partial charge in [-0.25, -0.2) is 9.78 Å². The summed E-state index contributed by atoms with van der Waals surface area (Å²) in [4.78, 5) is 32.6. The molecule has 1 aliphatic heterocycles. The molecule has 1 aromatic heterocycles. The van der Waals surface area contributed by atoms with Crippen LogP contribution in [0.5, 0.6) is 0 Å². The van der Waals surface area contributed by atoms with Gasteiger partial charge in [-0.2, -0.15) is 0 Å². The molecule has 0 radical (unpaired) electrons. The number of rotatable bonds is 4. The zero-order valence-electron chi connectivity index (χ0n) is 16.4. The first kappa shape index (κ1) is 19.5. The first-order chi connectivity index (χ1) is 12.8. The van der Waals surface area contributed by atoms with E-state index in [0.29, 0.717) is 25.9 Å². The van der Waals surface area contributed by atoms with Gasteiger partial charge in [0.1, 0.15) is 0 Å². The van der Waals surface area contributed by atoms with Crippen molar-refractivity contribution in [3.05, 3.63) is 51.0 Å². The van der Waals surface area contributed by atoms with Crippen LogP contribution in [-0.4, -0.2) is 34.8 Å². The average Bonchev–Trinajstić information content (AvgIpc) is 3.00. The minimum atomic E-state index is -0.0609. The average molecular weight is 386 g/mol. The van der Waals surface area contributed by atoms with Crippen LogP contribution >= 0.6 is 11.3 Å². The molecule has 0 bridgehead atoms. The molecule has 1 aromatic carbocycles. The molecule has 0 spiro atoms. The van der Waals surface area contributed by atoms with E-state index in [1.54, 1.807) is 11.3 Å². The van der Waals surface area contributed by atoms with Crippen molar-refractivity contribution in [2.24, 2.45) is 5.92 Å². The number of urea groups is 1. The number of Topliss-reactive ketones (excluding diaryl/α,β-unsaturated/α-hetero) is 1. The quantitative estimate of drug-likeness (QED) is 0.792. The predicted octanol–water partition coefficient (Wildman–Crippen LogP) is 4.43. The molecule has 0 aliphatic carbocycles. The monoisotopic (exact) mass is 385 g/mol. The van der Waals surface area contributed by atoms with Crippen LogP contribution in [0.1, 0.15) is 57.3 Å². The molecule has 1 N–H and O–H groups in total. The van der Waals surface area contributed by atoms with E-state index >= 15 is 0 Å². The van der Waals surface area contributed by atoms with E-state index in [4.69, 9.17) is 0 Å². The molecule has 2 amide bonds. The second-order valence-electron chi connectivity index (χ2n) is 7.35. The lowest BCUT2D eigenvalue weighted by Crippen LogP contribution is -2.46. The first-order valence-electron chi connectivity index (χ1n) is 9.45. The van der Waals surface area contributed by atoms with Crippen molar-refractivity contribution in [1.82, 2.24) is 15.2 Å². The smallest absolute Gasteiger partial charge is 0.317 e. The SMILES string of the molecule is Cc1ccc(C(=O)C2CCN(C(=O)N[C@H](C)c3sc(C)nc3C)CC2)cc1. The molecule has 1 fully saturated rings. The first-order valence-corrected chi connectivity index (χ1v) is 10.3. The highest BCUT2D eigenvalue weighted by atomic mass is 32.1. The van der Waals surface area contributed by atoms with Crippen LogP contribution in [-0.2, 0) is 0 Å². The van der Waals surface area contributed by atoms with Gasteiger partial charge in [0.25, 0.3) is 0 Å². The molecule has 5 nitrogen and oxygen atoms in total. The highest BCUT2D eigenvalue weighted by Gasteiger charge is 2.28. The van der Waals surface area contributed by atoms with Crippen LogP contribution < -0.4 is 5.32 Å². The number of thiazole rings is 1. The summed E-state index contributed by atoms with van der Waals surface area (Å²) < 4.78 is 0. The third-order valence-electron chi connectivity index (χ3n) is 5.16. The van der Waals surface area contributed by atoms with Crippen molar-refractivity contribution >= 4 is 23.2 Å². The number of benzene rings is 1. The Kier molecular flexibility index (Phi) is 5.95. The summed E-state index contributed by atoms with van der Waals surface area (Å²) in [5.74, 6) is 0.194. The number of nitrogens with zero attached hydrogens (tertiary/aromatic N) is 2. The van der Waals surface area contributed by atoms with E-state index < -0.39 is 0 Å². The van der Waals surface area contributed by atoms with E-state index in [9.17, 15) is 9.59 Å². The van der Waals surface area contributed by atoms with Crippen molar-refractivity contribution in [3.8, 4) is 0 Å².